The topological polar surface area (TPSA) is 571 Å². The molecule has 1 saturated heterocycles. The molecule has 1 aliphatic rings. The van der Waals surface area contributed by atoms with E-state index in [9.17, 15) is 81.8 Å². The quantitative estimate of drug-likeness (QED) is 0.0193. The summed E-state index contributed by atoms with van der Waals surface area (Å²) in [6.07, 6.45) is 0.866. The van der Waals surface area contributed by atoms with E-state index in [0.29, 0.717) is 32.1 Å². The van der Waals surface area contributed by atoms with Crippen molar-refractivity contribution < 1.29 is 81.8 Å². The number of carbonyl (C=O) groups is 16. The van der Waals surface area contributed by atoms with Gasteiger partial charge in [0.2, 0.25) is 82.7 Å². The Labute approximate surface area is 623 Å². The van der Waals surface area contributed by atoms with E-state index >= 15 is 0 Å². The van der Waals surface area contributed by atoms with Gasteiger partial charge in [0.25, 0.3) is 0 Å². The smallest absolute Gasteiger partial charge is 0.303 e. The lowest BCUT2D eigenvalue weighted by atomic mass is 9.88. The van der Waals surface area contributed by atoms with Gasteiger partial charge in [-0.3, -0.25) is 81.7 Å². The number of unbranched alkanes of at least 4 members (excludes halogenated alkanes) is 2. The summed E-state index contributed by atoms with van der Waals surface area (Å²) in [6.45, 7) is 20.8. The number of ketones is 1. The van der Waals surface area contributed by atoms with Gasteiger partial charge in [-0.1, -0.05) is 88.5 Å². The van der Waals surface area contributed by atoms with Crippen LogP contribution in [0.3, 0.4) is 0 Å². The Morgan fingerprint density at radius 1 is 0.585 bits per heavy atom. The summed E-state index contributed by atoms with van der Waals surface area (Å²) in [4.78, 5) is 223. The SMILES string of the molecule is CC[C@H](C)[C@H](NC(=O)[C@@H](NC(=O)[C@H](CCC(=O)O)NC(=O)C(CCCCC(=O)[C@H](CC(C)C)NC(=O)[C@H](CCCCN)NC(=O)[C@H](CCCN=C(N)N)NC(=O)[C@H](CC(N)=O)NC(=O)[C@@H]1CCCCNC(=O)CC[C@@H](N(C)C(C)=O)C(=O)N[C@@H](C)C(=O)N[C@@H](CC(C)C)C(=O)N1)C(C)C)[C@@H](C)CC)C(N)=O. The number of carbonyl (C=O) groups excluding carboxylic acids is 15. The monoisotopic (exact) mass is 1500 g/mol. The third-order valence-corrected chi connectivity index (χ3v) is 18.7. The number of nitrogens with zero attached hydrogens (tertiary/aromatic N) is 2. The molecule has 1 rings (SSSR count). The standard InChI is InChI=1S/C71H126N18O17/c1-14-41(9)58(60(74)96)87-70(106)59(42(10)15-2)88-66(102)49(28-31-57(94)95)80-62(98)45(40(7)8)23-16-17-27-54(91)50(35-38(3)4)84-64(100)46(24-18-20-32-72)81-63(99)48(26-22-34-78-71(75)76)83-68(104)52(37-55(73)92)86-65(101)47-25-19-21-33-77-56(93)30-29-53(89(13)44(12)90)69(105)79-43(11)61(97)85-51(36-39(5)6)67(103)82-47/h38-43,45-53,58-59H,14-37,72H2,1-13H3,(H2,73,92)(H2,74,96)(H,77,93)(H,79,105)(H,80,98)(H,81,99)(H,82,103)(H,83,104)(H,84,100)(H,85,97)(H,86,101)(H,87,106)(H,88,102)(H,94,95)(H4,75,76,78)/t41-,42-,43-,45?,46-,47-,48-,49-,50-,51-,52-,53+,58-,59-/m0/s1. The molecular formula is C71H126N18O17. The van der Waals surface area contributed by atoms with Crippen LogP contribution in [0.5, 0.6) is 0 Å². The van der Waals surface area contributed by atoms with Crippen molar-refractivity contribution in [3.63, 3.8) is 0 Å². The van der Waals surface area contributed by atoms with Gasteiger partial charge in [-0.15, -0.1) is 0 Å². The number of carboxylic acid groups (broad SMARTS) is 1. The predicted molar refractivity (Wildman–Crippen MR) is 396 cm³/mol. The average Bonchev–Trinajstić information content (AvgIpc) is 0.856. The van der Waals surface area contributed by atoms with Crippen molar-refractivity contribution >= 4 is 100 Å². The molecule has 1 aliphatic heterocycles. The van der Waals surface area contributed by atoms with Gasteiger partial charge in [-0.25, -0.2) is 0 Å². The number of likely N-dealkylation sites (N-methyl/N-ethyl adjacent to an activating group) is 1. The molecule has 0 aliphatic carbocycles. The van der Waals surface area contributed by atoms with Gasteiger partial charge >= 0.3 is 5.97 Å². The highest BCUT2D eigenvalue weighted by molar-refractivity contribution is 6.00. The summed E-state index contributed by atoms with van der Waals surface area (Å²) in [6, 6.07) is -14.4. The normalized spacial score (nSPS) is 19.1. The Balaban J connectivity index is 3.59. The Morgan fingerprint density at radius 3 is 1.67 bits per heavy atom. The molecule has 35 nitrogen and oxygen atoms in total. The van der Waals surface area contributed by atoms with E-state index in [1.54, 1.807) is 48.5 Å². The first-order valence-electron chi connectivity index (χ1n) is 37.3. The number of guanidine groups is 1. The zero-order valence-electron chi connectivity index (χ0n) is 64.5. The highest BCUT2D eigenvalue weighted by Crippen LogP contribution is 2.22. The molecule has 1 heterocycles. The van der Waals surface area contributed by atoms with Gasteiger partial charge in [0.1, 0.15) is 60.4 Å². The number of hydrogen-bond acceptors (Lipinski definition) is 18. The summed E-state index contributed by atoms with van der Waals surface area (Å²) in [7, 11) is 1.39. The molecule has 106 heavy (non-hydrogen) atoms. The molecule has 22 N–H and O–H groups in total. The van der Waals surface area contributed by atoms with Crippen LogP contribution in [-0.2, 0) is 76.7 Å². The van der Waals surface area contributed by atoms with E-state index in [2.05, 4.69) is 63.5 Å². The lowest BCUT2D eigenvalue weighted by molar-refractivity contribution is -0.139. The Hall–Kier alpha value is -9.05. The van der Waals surface area contributed by atoms with E-state index in [1.165, 1.54) is 20.9 Å². The van der Waals surface area contributed by atoms with Crippen molar-refractivity contribution in [2.75, 3.05) is 26.7 Å². The molecule has 0 aromatic carbocycles. The van der Waals surface area contributed by atoms with Crippen molar-refractivity contribution in [1.29, 1.82) is 0 Å². The second kappa shape index (κ2) is 49.7. The van der Waals surface area contributed by atoms with Gasteiger partial charge < -0.3 is 97.2 Å². The van der Waals surface area contributed by atoms with Crippen LogP contribution in [-0.4, -0.2) is 204 Å². The molecule has 0 bridgehead atoms. The van der Waals surface area contributed by atoms with E-state index in [-0.39, 0.29) is 145 Å². The molecule has 1 unspecified atom stereocenters. The highest BCUT2D eigenvalue weighted by atomic mass is 16.4. The average molecular weight is 1500 g/mol. The Bertz CT molecular complexity index is 2980. The second-order valence-corrected chi connectivity index (χ2v) is 29.0. The maximum absolute atomic E-state index is 14.6. The van der Waals surface area contributed by atoms with Crippen LogP contribution in [0.1, 0.15) is 218 Å². The van der Waals surface area contributed by atoms with Crippen LogP contribution >= 0.6 is 0 Å². The number of rotatable bonds is 44. The molecule has 0 spiro atoms. The molecule has 14 atom stereocenters. The van der Waals surface area contributed by atoms with E-state index in [4.69, 9.17) is 28.7 Å². The highest BCUT2D eigenvalue weighted by Gasteiger charge is 2.38. The largest absolute Gasteiger partial charge is 0.481 e. The van der Waals surface area contributed by atoms with Gasteiger partial charge in [0.05, 0.1) is 12.5 Å². The van der Waals surface area contributed by atoms with Crippen LogP contribution in [0.2, 0.25) is 0 Å². The molecular weight excluding hydrogens is 1380 g/mol. The fourth-order valence-corrected chi connectivity index (χ4v) is 11.8. The van der Waals surface area contributed by atoms with Gasteiger partial charge in [-0.05, 0) is 133 Å². The van der Waals surface area contributed by atoms with Crippen LogP contribution < -0.4 is 87.2 Å². The fraction of sp³-hybridized carbons (Fsp3) is 0.761. The molecule has 1 fully saturated rings. The first kappa shape index (κ1) is 95.0. The van der Waals surface area contributed by atoms with Crippen LogP contribution in [0.25, 0.3) is 0 Å². The Morgan fingerprint density at radius 2 is 1.13 bits per heavy atom. The van der Waals surface area contributed by atoms with Crippen molar-refractivity contribution in [1.82, 2.24) is 63.4 Å². The minimum atomic E-state index is -1.79. The van der Waals surface area contributed by atoms with Crippen molar-refractivity contribution in [3.8, 4) is 0 Å². The number of aliphatic carboxylic acids is 1. The van der Waals surface area contributed by atoms with Gasteiger partial charge in [0, 0.05) is 52.2 Å². The maximum atomic E-state index is 14.6. The molecule has 14 amide bonds. The van der Waals surface area contributed by atoms with Crippen LogP contribution in [0, 0.1) is 35.5 Å². The molecule has 0 aromatic rings. The minimum absolute atomic E-state index is 0.00460. The summed E-state index contributed by atoms with van der Waals surface area (Å²) >= 11 is 0. The van der Waals surface area contributed by atoms with E-state index in [0.717, 1.165) is 4.90 Å². The van der Waals surface area contributed by atoms with Crippen molar-refractivity contribution in [2.24, 2.45) is 69.2 Å². The number of nitrogens with one attached hydrogen (secondary N) is 11. The first-order valence-corrected chi connectivity index (χ1v) is 37.3. The summed E-state index contributed by atoms with van der Waals surface area (Å²) < 4.78 is 0. The number of primary amides is 2. The van der Waals surface area contributed by atoms with Crippen LogP contribution in [0.15, 0.2) is 4.99 Å². The zero-order valence-corrected chi connectivity index (χ0v) is 64.5. The Kier molecular flexibility index (Phi) is 44.5. The van der Waals surface area contributed by atoms with Crippen molar-refractivity contribution in [2.45, 2.75) is 284 Å². The molecule has 0 radical (unpaired) electrons. The first-order chi connectivity index (χ1) is 49.7. The number of Topliss-reactive ketones (excluding diaryl/α,β-unsaturated/α-hetero) is 1. The summed E-state index contributed by atoms with van der Waals surface area (Å²) in [5.74, 6) is -15.0. The molecule has 35 heteroatoms. The van der Waals surface area contributed by atoms with E-state index < -0.39 is 180 Å². The van der Waals surface area contributed by atoms with Crippen LogP contribution in [0.4, 0.5) is 0 Å². The van der Waals surface area contributed by atoms with Gasteiger partial charge in [-0.2, -0.15) is 0 Å². The molecule has 0 aromatic heterocycles. The lowest BCUT2D eigenvalue weighted by Gasteiger charge is -2.30. The maximum Gasteiger partial charge on any atom is 0.303 e. The van der Waals surface area contributed by atoms with Crippen molar-refractivity contribution in [3.05, 3.63) is 0 Å². The zero-order chi connectivity index (χ0) is 80.7. The minimum Gasteiger partial charge on any atom is -0.481 e. The third-order valence-electron chi connectivity index (χ3n) is 18.7. The fourth-order valence-electron chi connectivity index (χ4n) is 11.8. The summed E-state index contributed by atoms with van der Waals surface area (Å²) in [5, 5.41) is 38.8. The predicted octanol–water partition coefficient (Wildman–Crippen LogP) is -1.22. The summed E-state index contributed by atoms with van der Waals surface area (Å²) in [5.41, 5.74) is 28.3. The molecule has 0 saturated carbocycles. The number of amides is 14. The number of nitrogens with two attached hydrogens (primary N) is 5. The number of carboxylic acids is 1. The van der Waals surface area contributed by atoms with E-state index in [1.807, 2.05) is 20.8 Å². The number of hydrogen-bond donors (Lipinski definition) is 17. The number of aliphatic imine (C=N–C) groups is 1. The third kappa shape index (κ3) is 36.3. The molecule has 602 valence electrons. The van der Waals surface area contributed by atoms with Gasteiger partial charge in [0.15, 0.2) is 11.7 Å². The second-order valence-electron chi connectivity index (χ2n) is 29.0. The lowest BCUT2D eigenvalue weighted by Crippen LogP contribution is -2.60.